The number of aromatic nitrogens is 1. The Balaban J connectivity index is 2.80. The van der Waals surface area contributed by atoms with Crippen molar-refractivity contribution in [2.75, 3.05) is 13.2 Å². The zero-order valence-corrected chi connectivity index (χ0v) is 14.1. The molecule has 0 amide bonds. The van der Waals surface area contributed by atoms with E-state index in [9.17, 15) is 27.2 Å². The summed E-state index contributed by atoms with van der Waals surface area (Å²) in [6.07, 6.45) is -5.32. The molecule has 2 rings (SSSR count). The minimum absolute atomic E-state index is 0.0160. The minimum atomic E-state index is -5.32. The summed E-state index contributed by atoms with van der Waals surface area (Å²) >= 11 is 5.72. The van der Waals surface area contributed by atoms with Crippen molar-refractivity contribution >= 4 is 34.4 Å². The van der Waals surface area contributed by atoms with Crippen molar-refractivity contribution in [3.63, 3.8) is 0 Å². The largest absolute Gasteiger partial charge is 0.491 e. The van der Waals surface area contributed by atoms with Gasteiger partial charge in [-0.3, -0.25) is 0 Å². The molecule has 1 heterocycles. The van der Waals surface area contributed by atoms with Crippen LogP contribution in [0.25, 0.3) is 10.9 Å². The standard InChI is InChI=1S/C15H13ClF4N2O4/c1-2-25-13(23)11-12(26-14(24)15(18,19)20)7-5-9(17)8(16)6-10(7)22(11)4-3-21/h5-6H,2-4,21H2,1H3. The van der Waals surface area contributed by atoms with E-state index in [1.165, 1.54) is 6.92 Å². The maximum absolute atomic E-state index is 13.8. The predicted molar refractivity (Wildman–Crippen MR) is 83.6 cm³/mol. The molecule has 0 aliphatic rings. The summed E-state index contributed by atoms with van der Waals surface area (Å²) in [5.41, 5.74) is 5.05. The Morgan fingerprint density at radius 2 is 1.96 bits per heavy atom. The van der Waals surface area contributed by atoms with E-state index in [1.807, 2.05) is 0 Å². The van der Waals surface area contributed by atoms with Gasteiger partial charge in [-0.15, -0.1) is 0 Å². The first-order valence-electron chi connectivity index (χ1n) is 7.29. The number of hydrogen-bond acceptors (Lipinski definition) is 5. The number of halogens is 5. The van der Waals surface area contributed by atoms with Crippen molar-refractivity contribution in [3.05, 3.63) is 28.7 Å². The van der Waals surface area contributed by atoms with Crippen LogP contribution in [-0.2, 0) is 16.1 Å². The van der Waals surface area contributed by atoms with Gasteiger partial charge in [0, 0.05) is 18.5 Å². The van der Waals surface area contributed by atoms with E-state index in [1.54, 1.807) is 0 Å². The SMILES string of the molecule is CCOC(=O)c1c(OC(=O)C(F)(F)F)c2cc(F)c(Cl)cc2n1CCN. The summed E-state index contributed by atoms with van der Waals surface area (Å²) < 4.78 is 62.0. The van der Waals surface area contributed by atoms with Crippen molar-refractivity contribution in [2.45, 2.75) is 19.6 Å². The molecular formula is C15H13ClF4N2O4. The van der Waals surface area contributed by atoms with E-state index >= 15 is 0 Å². The monoisotopic (exact) mass is 396 g/mol. The number of benzene rings is 1. The van der Waals surface area contributed by atoms with Crippen LogP contribution in [0.3, 0.4) is 0 Å². The number of fused-ring (bicyclic) bond motifs is 1. The molecule has 0 spiro atoms. The highest BCUT2D eigenvalue weighted by Gasteiger charge is 2.43. The Kier molecular flexibility index (Phi) is 5.77. The van der Waals surface area contributed by atoms with Crippen LogP contribution in [0, 0.1) is 5.82 Å². The number of hydrogen-bond donors (Lipinski definition) is 1. The Bertz CT molecular complexity index is 864. The van der Waals surface area contributed by atoms with Crippen LogP contribution in [0.15, 0.2) is 12.1 Å². The van der Waals surface area contributed by atoms with Gasteiger partial charge in [0.25, 0.3) is 0 Å². The van der Waals surface area contributed by atoms with Gasteiger partial charge in [0.05, 0.1) is 17.1 Å². The van der Waals surface area contributed by atoms with Gasteiger partial charge >= 0.3 is 18.1 Å². The molecule has 26 heavy (non-hydrogen) atoms. The normalized spacial score (nSPS) is 11.7. The van der Waals surface area contributed by atoms with Crippen molar-refractivity contribution < 1.29 is 36.6 Å². The lowest BCUT2D eigenvalue weighted by atomic mass is 10.2. The first-order chi connectivity index (χ1) is 12.1. The first-order valence-corrected chi connectivity index (χ1v) is 7.67. The molecule has 0 fully saturated rings. The molecule has 0 atom stereocenters. The van der Waals surface area contributed by atoms with Crippen LogP contribution in [0.2, 0.25) is 5.02 Å². The molecule has 0 aliphatic heterocycles. The summed E-state index contributed by atoms with van der Waals surface area (Å²) in [4.78, 5) is 23.5. The number of carbonyl (C=O) groups is 2. The van der Waals surface area contributed by atoms with Crippen LogP contribution in [0.5, 0.6) is 5.75 Å². The molecule has 0 aliphatic carbocycles. The number of carbonyl (C=O) groups excluding carboxylic acids is 2. The van der Waals surface area contributed by atoms with Crippen LogP contribution in [0.4, 0.5) is 17.6 Å². The Labute approximate surface area is 149 Å². The number of esters is 2. The van der Waals surface area contributed by atoms with Gasteiger partial charge in [-0.2, -0.15) is 13.2 Å². The van der Waals surface area contributed by atoms with Crippen molar-refractivity contribution in [2.24, 2.45) is 5.73 Å². The maximum atomic E-state index is 13.8. The van der Waals surface area contributed by atoms with Crippen molar-refractivity contribution in [1.29, 1.82) is 0 Å². The van der Waals surface area contributed by atoms with E-state index in [2.05, 4.69) is 4.74 Å². The zero-order chi connectivity index (χ0) is 19.6. The molecule has 6 nitrogen and oxygen atoms in total. The summed E-state index contributed by atoms with van der Waals surface area (Å²) in [6, 6.07) is 1.86. The van der Waals surface area contributed by atoms with Crippen molar-refractivity contribution in [3.8, 4) is 5.75 Å². The average molecular weight is 397 g/mol. The quantitative estimate of drug-likeness (QED) is 0.620. The van der Waals surface area contributed by atoms with Gasteiger partial charge < -0.3 is 19.8 Å². The molecule has 2 aromatic rings. The number of alkyl halides is 3. The Hall–Kier alpha value is -2.33. The number of nitrogens with zero attached hydrogens (tertiary/aromatic N) is 1. The molecule has 0 radical (unpaired) electrons. The van der Waals surface area contributed by atoms with E-state index < -0.39 is 35.4 Å². The highest BCUT2D eigenvalue weighted by atomic mass is 35.5. The van der Waals surface area contributed by atoms with Gasteiger partial charge in [-0.1, -0.05) is 11.6 Å². The van der Waals surface area contributed by atoms with Crippen LogP contribution in [-0.4, -0.2) is 35.8 Å². The average Bonchev–Trinajstić information content (AvgIpc) is 2.81. The third kappa shape index (κ3) is 3.75. The van der Waals surface area contributed by atoms with Gasteiger partial charge in [-0.05, 0) is 19.1 Å². The van der Waals surface area contributed by atoms with Gasteiger partial charge in [0.15, 0.2) is 11.4 Å². The van der Waals surface area contributed by atoms with E-state index in [-0.39, 0.29) is 35.6 Å². The minimum Gasteiger partial charge on any atom is -0.461 e. The smallest absolute Gasteiger partial charge is 0.461 e. The number of rotatable bonds is 5. The van der Waals surface area contributed by atoms with Crippen LogP contribution < -0.4 is 10.5 Å². The third-order valence-electron chi connectivity index (χ3n) is 3.31. The molecule has 2 N–H and O–H groups in total. The molecule has 142 valence electrons. The summed E-state index contributed by atoms with van der Waals surface area (Å²) in [7, 11) is 0. The van der Waals surface area contributed by atoms with Gasteiger partial charge in [0.2, 0.25) is 0 Å². The second-order valence-corrected chi connectivity index (χ2v) is 5.42. The fraction of sp³-hybridized carbons (Fsp3) is 0.333. The molecule has 0 unspecified atom stereocenters. The highest BCUT2D eigenvalue weighted by molar-refractivity contribution is 6.31. The Morgan fingerprint density at radius 3 is 2.50 bits per heavy atom. The molecular weight excluding hydrogens is 384 g/mol. The summed E-state index contributed by atoms with van der Waals surface area (Å²) in [5, 5.41) is -0.585. The number of ether oxygens (including phenoxy) is 2. The number of nitrogens with two attached hydrogens (primary N) is 1. The first kappa shape index (κ1) is 20.0. The van der Waals surface area contributed by atoms with Crippen molar-refractivity contribution in [1.82, 2.24) is 4.57 Å². The second-order valence-electron chi connectivity index (χ2n) is 5.01. The van der Waals surface area contributed by atoms with E-state index in [4.69, 9.17) is 22.1 Å². The lowest BCUT2D eigenvalue weighted by molar-refractivity contribution is -0.189. The topological polar surface area (TPSA) is 83.5 Å². The van der Waals surface area contributed by atoms with Gasteiger partial charge in [-0.25, -0.2) is 14.0 Å². The molecule has 0 saturated heterocycles. The van der Waals surface area contributed by atoms with Crippen LogP contribution >= 0.6 is 11.6 Å². The zero-order valence-electron chi connectivity index (χ0n) is 13.3. The highest BCUT2D eigenvalue weighted by Crippen LogP contribution is 2.37. The molecule has 0 bridgehead atoms. The second kappa shape index (κ2) is 7.50. The Morgan fingerprint density at radius 1 is 1.31 bits per heavy atom. The molecule has 1 aromatic heterocycles. The summed E-state index contributed by atoms with van der Waals surface area (Å²) in [5.74, 6) is -5.36. The molecule has 11 heteroatoms. The predicted octanol–water partition coefficient (Wildman–Crippen LogP) is 3.04. The fourth-order valence-corrected chi connectivity index (χ4v) is 2.49. The fourth-order valence-electron chi connectivity index (χ4n) is 2.33. The third-order valence-corrected chi connectivity index (χ3v) is 3.60. The molecule has 1 aromatic carbocycles. The maximum Gasteiger partial charge on any atom is 0.491 e. The van der Waals surface area contributed by atoms with E-state index in [0.29, 0.717) is 0 Å². The van der Waals surface area contributed by atoms with Gasteiger partial charge in [0.1, 0.15) is 5.82 Å². The van der Waals surface area contributed by atoms with E-state index in [0.717, 1.165) is 16.7 Å². The lowest BCUT2D eigenvalue weighted by Gasteiger charge is -2.11. The summed E-state index contributed by atoms with van der Waals surface area (Å²) in [6.45, 7) is 1.32. The lowest BCUT2D eigenvalue weighted by Crippen LogP contribution is -2.29. The van der Waals surface area contributed by atoms with Crippen LogP contribution in [0.1, 0.15) is 17.4 Å². The molecule has 0 saturated carbocycles.